The monoisotopic (exact) mass is 373 g/mol. The van der Waals surface area contributed by atoms with Gasteiger partial charge in [0, 0.05) is 55.9 Å². The molecule has 27 heavy (non-hydrogen) atoms. The number of rotatable bonds is 7. The summed E-state index contributed by atoms with van der Waals surface area (Å²) in [6, 6.07) is 0. The molecule has 1 aliphatic carbocycles. The Bertz CT molecular complexity index is 685. The maximum atomic E-state index is 12.7. The third-order valence-electron chi connectivity index (χ3n) is 6.83. The van der Waals surface area contributed by atoms with Gasteiger partial charge in [-0.2, -0.15) is 5.10 Å². The van der Waals surface area contributed by atoms with Crippen molar-refractivity contribution in [1.82, 2.24) is 24.9 Å². The summed E-state index contributed by atoms with van der Waals surface area (Å²) in [6.45, 7) is 7.98. The number of hydrogen-bond acceptors (Lipinski definition) is 4. The molecular weight excluding hydrogens is 338 g/mol. The number of nitrogens with zero attached hydrogens (tertiary/aromatic N) is 4. The molecule has 0 atom stereocenters. The lowest BCUT2D eigenvalue weighted by atomic mass is 9.86. The molecule has 2 fully saturated rings. The predicted molar refractivity (Wildman–Crippen MR) is 107 cm³/mol. The van der Waals surface area contributed by atoms with Gasteiger partial charge < -0.3 is 10.2 Å². The van der Waals surface area contributed by atoms with Gasteiger partial charge in [-0.3, -0.25) is 14.4 Å². The molecule has 0 spiro atoms. The molecule has 1 amide bonds. The van der Waals surface area contributed by atoms with Crippen LogP contribution in [0, 0.1) is 5.41 Å². The first kappa shape index (κ1) is 18.9. The Hall–Kier alpha value is -1.40. The first-order valence-electron chi connectivity index (χ1n) is 10.7. The Labute approximate surface area is 163 Å². The van der Waals surface area contributed by atoms with Crippen molar-refractivity contribution in [3.63, 3.8) is 0 Å². The van der Waals surface area contributed by atoms with Crippen molar-refractivity contribution in [3.05, 3.63) is 17.0 Å². The fourth-order valence-corrected chi connectivity index (χ4v) is 4.79. The van der Waals surface area contributed by atoms with E-state index in [0.717, 1.165) is 65.0 Å². The number of piperidine rings is 1. The molecule has 1 saturated heterocycles. The van der Waals surface area contributed by atoms with Crippen LogP contribution in [-0.2, 0) is 24.3 Å². The lowest BCUT2D eigenvalue weighted by Gasteiger charge is -2.34. The van der Waals surface area contributed by atoms with Crippen LogP contribution >= 0.6 is 0 Å². The Morgan fingerprint density at radius 3 is 2.70 bits per heavy atom. The quantitative estimate of drug-likeness (QED) is 0.794. The third kappa shape index (κ3) is 3.79. The first-order chi connectivity index (χ1) is 13.0. The van der Waals surface area contributed by atoms with Crippen LogP contribution in [0.25, 0.3) is 0 Å². The summed E-state index contributed by atoms with van der Waals surface area (Å²) in [5.41, 5.74) is 4.24. The van der Waals surface area contributed by atoms with Crippen LogP contribution in [0.15, 0.2) is 0 Å². The van der Waals surface area contributed by atoms with Gasteiger partial charge in [-0.25, -0.2) is 0 Å². The van der Waals surface area contributed by atoms with Crippen LogP contribution < -0.4 is 5.32 Å². The first-order valence-corrected chi connectivity index (χ1v) is 10.7. The topological polar surface area (TPSA) is 53.4 Å². The maximum Gasteiger partial charge on any atom is 0.228 e. The fourth-order valence-electron chi connectivity index (χ4n) is 4.79. The molecule has 1 N–H and O–H groups in total. The maximum absolute atomic E-state index is 12.7. The summed E-state index contributed by atoms with van der Waals surface area (Å²) in [7, 11) is 4.19. The highest BCUT2D eigenvalue weighted by atomic mass is 16.2. The fraction of sp³-hybridized carbons (Fsp3) is 0.810. The smallest absolute Gasteiger partial charge is 0.228 e. The summed E-state index contributed by atoms with van der Waals surface area (Å²) < 4.78 is 2.26. The molecule has 1 saturated carbocycles. The van der Waals surface area contributed by atoms with E-state index in [4.69, 9.17) is 5.10 Å². The van der Waals surface area contributed by atoms with Gasteiger partial charge in [0.05, 0.1) is 5.69 Å². The largest absolute Gasteiger partial charge is 0.342 e. The second kappa shape index (κ2) is 7.55. The summed E-state index contributed by atoms with van der Waals surface area (Å²) in [5.74, 6) is 0.962. The van der Waals surface area contributed by atoms with Crippen molar-refractivity contribution >= 4 is 5.91 Å². The number of amides is 1. The van der Waals surface area contributed by atoms with E-state index >= 15 is 0 Å². The number of carbonyl (C=O) groups excluding carboxylic acids is 1. The minimum absolute atomic E-state index is 0.0347. The van der Waals surface area contributed by atoms with Crippen molar-refractivity contribution in [1.29, 1.82) is 0 Å². The zero-order chi connectivity index (χ0) is 19.0. The predicted octanol–water partition coefficient (Wildman–Crippen LogP) is 1.99. The Kier molecular flexibility index (Phi) is 5.30. The van der Waals surface area contributed by atoms with Gasteiger partial charge >= 0.3 is 0 Å². The molecule has 2 aliphatic heterocycles. The van der Waals surface area contributed by atoms with Gasteiger partial charge in [0.1, 0.15) is 0 Å². The average molecular weight is 374 g/mol. The minimum atomic E-state index is -0.0347. The van der Waals surface area contributed by atoms with E-state index in [1.807, 2.05) is 7.05 Å². The van der Waals surface area contributed by atoms with Gasteiger partial charge in [-0.05, 0) is 58.5 Å². The van der Waals surface area contributed by atoms with Crippen LogP contribution in [0.3, 0.4) is 0 Å². The van der Waals surface area contributed by atoms with Crippen molar-refractivity contribution in [2.75, 3.05) is 40.3 Å². The molecule has 6 nitrogen and oxygen atoms in total. The average Bonchev–Trinajstić information content (AvgIpc) is 3.11. The lowest BCUT2D eigenvalue weighted by molar-refractivity contribution is -0.137. The van der Waals surface area contributed by atoms with Crippen LogP contribution in [0.2, 0.25) is 0 Å². The second-order valence-corrected chi connectivity index (χ2v) is 9.10. The summed E-state index contributed by atoms with van der Waals surface area (Å²) >= 11 is 0. The van der Waals surface area contributed by atoms with Crippen molar-refractivity contribution in [3.8, 4) is 0 Å². The SMILES string of the molecule is CNCCN(C)Cc1nn2c(c1C1CCN(C(=O)C3(C)CC3)CC1)CCC2. The minimum Gasteiger partial charge on any atom is -0.342 e. The molecule has 1 aromatic rings. The molecule has 4 rings (SSSR count). The standard InChI is InChI=1S/C21H35N5O/c1-21(8-9-21)20(27)25-12-6-16(7-13-25)19-17(15-24(3)14-10-22-2)23-26-11-4-5-18(19)26/h16,22H,4-15H2,1-3H3. The number of hydrogen-bond donors (Lipinski definition) is 1. The zero-order valence-corrected chi connectivity index (χ0v) is 17.3. The summed E-state index contributed by atoms with van der Waals surface area (Å²) in [4.78, 5) is 17.2. The van der Waals surface area contributed by atoms with Gasteiger partial charge in [-0.15, -0.1) is 0 Å². The molecule has 1 aromatic heterocycles. The van der Waals surface area contributed by atoms with E-state index in [2.05, 4.69) is 33.8 Å². The van der Waals surface area contributed by atoms with Crippen LogP contribution in [0.1, 0.15) is 61.9 Å². The lowest BCUT2D eigenvalue weighted by Crippen LogP contribution is -2.41. The number of likely N-dealkylation sites (N-methyl/N-ethyl adjacent to an activating group) is 2. The van der Waals surface area contributed by atoms with Gasteiger partial charge in [0.2, 0.25) is 5.91 Å². The number of aryl methyl sites for hydroxylation is 1. The molecule has 150 valence electrons. The molecule has 3 aliphatic rings. The van der Waals surface area contributed by atoms with Gasteiger partial charge in [0.25, 0.3) is 0 Å². The molecule has 0 aromatic carbocycles. The van der Waals surface area contributed by atoms with Crippen molar-refractivity contribution < 1.29 is 4.79 Å². The number of aromatic nitrogens is 2. The van der Waals surface area contributed by atoms with E-state index < -0.39 is 0 Å². The summed E-state index contributed by atoms with van der Waals surface area (Å²) in [5, 5.41) is 8.22. The molecule has 3 heterocycles. The highest BCUT2D eigenvalue weighted by Crippen LogP contribution is 2.47. The van der Waals surface area contributed by atoms with E-state index in [1.54, 1.807) is 0 Å². The second-order valence-electron chi connectivity index (χ2n) is 9.10. The molecule has 6 heteroatoms. The van der Waals surface area contributed by atoms with Crippen molar-refractivity contribution in [2.24, 2.45) is 5.41 Å². The van der Waals surface area contributed by atoms with Crippen LogP contribution in [0.5, 0.6) is 0 Å². The van der Waals surface area contributed by atoms with Gasteiger partial charge in [0.15, 0.2) is 0 Å². The number of fused-ring (bicyclic) bond motifs is 1. The van der Waals surface area contributed by atoms with Crippen LogP contribution in [0.4, 0.5) is 0 Å². The van der Waals surface area contributed by atoms with Gasteiger partial charge in [-0.1, -0.05) is 6.92 Å². The van der Waals surface area contributed by atoms with E-state index in [1.165, 1.54) is 29.8 Å². The highest BCUT2D eigenvalue weighted by Gasteiger charge is 2.47. The molecule has 0 unspecified atom stereocenters. The van der Waals surface area contributed by atoms with E-state index in [0.29, 0.717) is 11.8 Å². The molecule has 0 radical (unpaired) electrons. The normalized spacial score (nSPS) is 21.7. The van der Waals surface area contributed by atoms with Crippen molar-refractivity contribution in [2.45, 2.75) is 64.5 Å². The Morgan fingerprint density at radius 1 is 1.30 bits per heavy atom. The molecular formula is C21H35N5O. The number of likely N-dealkylation sites (tertiary alicyclic amines) is 1. The Morgan fingerprint density at radius 2 is 2.04 bits per heavy atom. The zero-order valence-electron chi connectivity index (χ0n) is 17.3. The number of nitrogens with one attached hydrogen (secondary N) is 1. The van der Waals surface area contributed by atoms with Crippen LogP contribution in [-0.4, -0.2) is 65.8 Å². The van der Waals surface area contributed by atoms with E-state index in [9.17, 15) is 4.79 Å². The Balaban J connectivity index is 1.46. The molecule has 0 bridgehead atoms. The van der Waals surface area contributed by atoms with E-state index in [-0.39, 0.29) is 5.41 Å². The highest BCUT2D eigenvalue weighted by molar-refractivity contribution is 5.85. The number of carbonyl (C=O) groups is 1. The third-order valence-corrected chi connectivity index (χ3v) is 6.83. The summed E-state index contributed by atoms with van der Waals surface area (Å²) in [6.07, 6.45) is 6.72.